The maximum Gasteiger partial charge on any atom is 0.120 e. The predicted octanol–water partition coefficient (Wildman–Crippen LogP) is 2.85. The average Bonchev–Trinajstić information content (AvgIpc) is 2.41. The smallest absolute Gasteiger partial charge is 0.120 e. The zero-order chi connectivity index (χ0) is 10.6. The average molecular weight is 191 g/mol. The van der Waals surface area contributed by atoms with E-state index < -0.39 is 0 Å². The molecule has 0 saturated carbocycles. The minimum absolute atomic E-state index is 0.109. The second-order valence-corrected chi connectivity index (χ2v) is 4.44. The molecule has 0 unspecified atom stereocenters. The number of nitriles is 1. The summed E-state index contributed by atoms with van der Waals surface area (Å²) >= 11 is 0. The molecule has 0 fully saturated rings. The monoisotopic (exact) mass is 191 g/mol. The van der Waals surface area contributed by atoms with Crippen LogP contribution in [0.2, 0.25) is 0 Å². The highest BCUT2D eigenvalue weighted by molar-refractivity contribution is 5.50. The van der Waals surface area contributed by atoms with Crippen LogP contribution in [0.4, 0.5) is 0 Å². The molecule has 0 spiro atoms. The van der Waals surface area contributed by atoms with Crippen LogP contribution in [0.3, 0.4) is 0 Å². The Morgan fingerprint density at radius 1 is 1.71 bits per heavy atom. The third-order valence-electron chi connectivity index (χ3n) is 3.38. The van der Waals surface area contributed by atoms with Gasteiger partial charge in [0.1, 0.15) is 6.29 Å². The lowest BCUT2D eigenvalue weighted by atomic mass is 9.75. The molecule has 0 aromatic carbocycles. The van der Waals surface area contributed by atoms with Crippen molar-refractivity contribution in [3.63, 3.8) is 0 Å². The molecule has 0 N–H and O–H groups in total. The molecule has 0 aromatic heterocycles. The number of hydrogen-bond acceptors (Lipinski definition) is 2. The molecule has 2 heteroatoms. The molecule has 1 atom stereocenters. The molecule has 1 aliphatic carbocycles. The Labute approximate surface area is 85.6 Å². The zero-order valence-corrected chi connectivity index (χ0v) is 8.92. The first-order chi connectivity index (χ1) is 6.62. The fourth-order valence-electron chi connectivity index (χ4n) is 2.23. The Balaban J connectivity index is 2.63. The fourth-order valence-corrected chi connectivity index (χ4v) is 2.23. The van der Waals surface area contributed by atoms with Crippen LogP contribution < -0.4 is 0 Å². The van der Waals surface area contributed by atoms with Crippen LogP contribution in [-0.2, 0) is 4.79 Å². The third kappa shape index (κ3) is 2.04. The van der Waals surface area contributed by atoms with Gasteiger partial charge in [-0.05, 0) is 24.2 Å². The van der Waals surface area contributed by atoms with Gasteiger partial charge < -0.3 is 4.79 Å². The van der Waals surface area contributed by atoms with E-state index in [1.807, 2.05) is 0 Å². The first-order valence-corrected chi connectivity index (χ1v) is 5.13. The molecule has 14 heavy (non-hydrogen) atoms. The summed E-state index contributed by atoms with van der Waals surface area (Å²) in [5.41, 5.74) is 1.46. The second kappa shape index (κ2) is 4.41. The summed E-state index contributed by atoms with van der Waals surface area (Å²) in [4.78, 5) is 10.5. The maximum atomic E-state index is 10.5. The van der Waals surface area contributed by atoms with Gasteiger partial charge in [-0.15, -0.1) is 0 Å². The standard InChI is InChI=1S/C12H17NO/c1-12(2)10(4-3-8-13)5-6-11(12)7-9-14/h5,9,11H,3-4,6-7H2,1-2H3/t11-/m1/s1. The van der Waals surface area contributed by atoms with Crippen LogP contribution in [0.15, 0.2) is 11.6 Å². The predicted molar refractivity (Wildman–Crippen MR) is 55.5 cm³/mol. The minimum Gasteiger partial charge on any atom is -0.303 e. The van der Waals surface area contributed by atoms with Gasteiger partial charge in [-0.25, -0.2) is 0 Å². The van der Waals surface area contributed by atoms with E-state index in [1.165, 1.54) is 5.57 Å². The third-order valence-corrected chi connectivity index (χ3v) is 3.38. The van der Waals surface area contributed by atoms with Gasteiger partial charge in [0.2, 0.25) is 0 Å². The summed E-state index contributed by atoms with van der Waals surface area (Å²) in [6.45, 7) is 4.36. The number of carbonyl (C=O) groups is 1. The quantitative estimate of drug-likeness (QED) is 0.506. The summed E-state index contributed by atoms with van der Waals surface area (Å²) in [5.74, 6) is 0.439. The van der Waals surface area contributed by atoms with Crippen molar-refractivity contribution in [2.24, 2.45) is 11.3 Å². The first-order valence-electron chi connectivity index (χ1n) is 5.13. The van der Waals surface area contributed by atoms with Gasteiger partial charge in [0.15, 0.2) is 0 Å². The molecule has 0 aromatic rings. The molecule has 0 radical (unpaired) electrons. The number of allylic oxidation sites excluding steroid dienone is 2. The van der Waals surface area contributed by atoms with Crippen molar-refractivity contribution in [3.05, 3.63) is 11.6 Å². The Morgan fingerprint density at radius 3 is 3.00 bits per heavy atom. The number of nitrogens with zero attached hydrogens (tertiary/aromatic N) is 1. The summed E-state index contributed by atoms with van der Waals surface area (Å²) in [6.07, 6.45) is 6.30. The topological polar surface area (TPSA) is 40.9 Å². The van der Waals surface area contributed by atoms with Crippen LogP contribution in [0.1, 0.15) is 39.5 Å². The fraction of sp³-hybridized carbons (Fsp3) is 0.667. The molecule has 0 saturated heterocycles. The first kappa shape index (κ1) is 11.0. The molecule has 76 valence electrons. The van der Waals surface area contributed by atoms with Crippen LogP contribution >= 0.6 is 0 Å². The van der Waals surface area contributed by atoms with E-state index in [0.717, 1.165) is 19.1 Å². The summed E-state index contributed by atoms with van der Waals surface area (Å²) in [7, 11) is 0. The number of hydrogen-bond donors (Lipinski definition) is 0. The van der Waals surface area contributed by atoms with E-state index in [2.05, 4.69) is 26.0 Å². The van der Waals surface area contributed by atoms with E-state index in [0.29, 0.717) is 18.8 Å². The van der Waals surface area contributed by atoms with Crippen molar-refractivity contribution in [3.8, 4) is 6.07 Å². The van der Waals surface area contributed by atoms with Crippen molar-refractivity contribution >= 4 is 6.29 Å². The highest BCUT2D eigenvalue weighted by Crippen LogP contribution is 2.46. The largest absolute Gasteiger partial charge is 0.303 e. The van der Waals surface area contributed by atoms with Crippen molar-refractivity contribution in [1.82, 2.24) is 0 Å². The van der Waals surface area contributed by atoms with E-state index in [-0.39, 0.29) is 5.41 Å². The van der Waals surface area contributed by atoms with E-state index in [9.17, 15) is 4.79 Å². The summed E-state index contributed by atoms with van der Waals surface area (Å²) < 4.78 is 0. The molecule has 0 heterocycles. The van der Waals surface area contributed by atoms with Gasteiger partial charge in [0.25, 0.3) is 0 Å². The second-order valence-electron chi connectivity index (χ2n) is 4.44. The van der Waals surface area contributed by atoms with E-state index in [1.54, 1.807) is 0 Å². The maximum absolute atomic E-state index is 10.5. The van der Waals surface area contributed by atoms with Crippen molar-refractivity contribution in [2.75, 3.05) is 0 Å². The molecule has 1 rings (SSSR count). The lowest BCUT2D eigenvalue weighted by Gasteiger charge is -2.29. The van der Waals surface area contributed by atoms with Gasteiger partial charge in [0, 0.05) is 12.8 Å². The number of rotatable bonds is 4. The summed E-state index contributed by atoms with van der Waals surface area (Å²) in [5, 5.41) is 8.53. The van der Waals surface area contributed by atoms with Crippen LogP contribution in [0.5, 0.6) is 0 Å². The van der Waals surface area contributed by atoms with Crippen LogP contribution in [0.25, 0.3) is 0 Å². The summed E-state index contributed by atoms with van der Waals surface area (Å²) in [6, 6.07) is 2.17. The zero-order valence-electron chi connectivity index (χ0n) is 8.92. The minimum atomic E-state index is 0.109. The molecule has 0 bridgehead atoms. The lowest BCUT2D eigenvalue weighted by molar-refractivity contribution is -0.109. The van der Waals surface area contributed by atoms with Crippen molar-refractivity contribution < 1.29 is 4.79 Å². The molecular weight excluding hydrogens is 174 g/mol. The Morgan fingerprint density at radius 2 is 2.43 bits per heavy atom. The lowest BCUT2D eigenvalue weighted by Crippen LogP contribution is -2.21. The highest BCUT2D eigenvalue weighted by atomic mass is 16.1. The molecule has 2 nitrogen and oxygen atoms in total. The van der Waals surface area contributed by atoms with Gasteiger partial charge in [-0.2, -0.15) is 5.26 Å². The Bertz CT molecular complexity index is 283. The van der Waals surface area contributed by atoms with Gasteiger partial charge >= 0.3 is 0 Å². The highest BCUT2D eigenvalue weighted by Gasteiger charge is 2.35. The molecule has 0 aliphatic heterocycles. The van der Waals surface area contributed by atoms with E-state index in [4.69, 9.17) is 5.26 Å². The van der Waals surface area contributed by atoms with Crippen molar-refractivity contribution in [2.45, 2.75) is 39.5 Å². The number of aldehydes is 1. The van der Waals surface area contributed by atoms with Gasteiger partial charge in [-0.1, -0.05) is 25.5 Å². The molecular formula is C12H17NO. The Hall–Kier alpha value is -1.10. The van der Waals surface area contributed by atoms with Crippen LogP contribution in [-0.4, -0.2) is 6.29 Å². The van der Waals surface area contributed by atoms with Gasteiger partial charge in [0.05, 0.1) is 6.07 Å². The molecule has 0 amide bonds. The Kier molecular flexibility index (Phi) is 3.46. The van der Waals surface area contributed by atoms with Gasteiger partial charge in [-0.3, -0.25) is 0 Å². The van der Waals surface area contributed by atoms with Crippen molar-refractivity contribution in [1.29, 1.82) is 5.26 Å². The van der Waals surface area contributed by atoms with Crippen LogP contribution in [0, 0.1) is 22.7 Å². The number of carbonyl (C=O) groups excluding carboxylic acids is 1. The normalized spacial score (nSPS) is 24.1. The molecule has 1 aliphatic rings. The SMILES string of the molecule is CC1(C)C(CCC#N)=CC[C@@H]1CC=O. The van der Waals surface area contributed by atoms with E-state index >= 15 is 0 Å².